The Morgan fingerprint density at radius 3 is 2.25 bits per heavy atom. The van der Waals surface area contributed by atoms with Gasteiger partial charge in [0.25, 0.3) is 5.91 Å². The van der Waals surface area contributed by atoms with Crippen LogP contribution >= 0.6 is 11.8 Å². The van der Waals surface area contributed by atoms with Crippen molar-refractivity contribution < 1.29 is 19.5 Å². The number of benzene rings is 2. The summed E-state index contributed by atoms with van der Waals surface area (Å²) in [7, 11) is 0. The lowest BCUT2D eigenvalue weighted by Crippen LogP contribution is -2.58. The number of rotatable bonds is 7. The van der Waals surface area contributed by atoms with Crippen LogP contribution in [0.2, 0.25) is 0 Å². The van der Waals surface area contributed by atoms with Gasteiger partial charge in [-0.05, 0) is 43.4 Å². The van der Waals surface area contributed by atoms with Crippen LogP contribution < -0.4 is 4.90 Å². The van der Waals surface area contributed by atoms with E-state index < -0.39 is 33.4 Å². The Kier molecular flexibility index (Phi) is 8.03. The van der Waals surface area contributed by atoms with Crippen LogP contribution in [0.25, 0.3) is 0 Å². The number of thioether (sulfide) groups is 1. The van der Waals surface area contributed by atoms with E-state index in [9.17, 15) is 14.7 Å². The molecule has 1 N–H and O–H groups in total. The SMILES string of the molecule is CC[C@H](C)[C@H](CO)N1C(=O)[C@@H]2[C@H]3C(=O)N(Cc4ccccc4)CC=C[C@@]3(C)S[C@@]23C=CCN(c2c(C)cccc2C)C(=O)C13. The number of hydrogen-bond acceptors (Lipinski definition) is 5. The van der Waals surface area contributed by atoms with Gasteiger partial charge in [0.1, 0.15) is 6.04 Å². The largest absolute Gasteiger partial charge is 0.394 e. The van der Waals surface area contributed by atoms with E-state index in [0.717, 1.165) is 28.8 Å². The van der Waals surface area contributed by atoms with E-state index in [1.165, 1.54) is 0 Å². The number of aliphatic hydroxyl groups is 1. The second kappa shape index (κ2) is 11.5. The Morgan fingerprint density at radius 1 is 0.909 bits per heavy atom. The van der Waals surface area contributed by atoms with Crippen LogP contribution in [0.5, 0.6) is 0 Å². The fourth-order valence-corrected chi connectivity index (χ4v) is 10.2. The summed E-state index contributed by atoms with van der Waals surface area (Å²) >= 11 is 1.59. The number of carbonyl (C=O) groups excluding carboxylic acids is 3. The van der Waals surface area contributed by atoms with Gasteiger partial charge >= 0.3 is 0 Å². The van der Waals surface area contributed by atoms with E-state index in [2.05, 4.69) is 19.1 Å². The monoisotopic (exact) mass is 613 g/mol. The molecule has 2 aromatic rings. The first kappa shape index (κ1) is 30.7. The van der Waals surface area contributed by atoms with Crippen LogP contribution in [0.1, 0.15) is 43.9 Å². The standard InChI is InChI=1S/C36H43N3O4S/c1-6-23(2)27(22-40)39-31-34(43)38(30-24(3)13-10-14-25(30)4)20-12-18-36(31)29(33(39)42)28-32(41)37(19-11-17-35(28,5)44-36)21-26-15-8-7-9-16-26/h7-18,23,27-29,31,40H,6,19-22H2,1-5H3/t23-,27-,28-,29-,31?,35+,36-/m0/s1. The molecular weight excluding hydrogens is 570 g/mol. The summed E-state index contributed by atoms with van der Waals surface area (Å²) in [4.78, 5) is 49.9. The number of anilines is 1. The highest BCUT2D eigenvalue weighted by molar-refractivity contribution is 8.02. The van der Waals surface area contributed by atoms with E-state index in [1.807, 2.05) is 98.2 Å². The van der Waals surface area contributed by atoms with Gasteiger partial charge in [0.15, 0.2) is 0 Å². The van der Waals surface area contributed by atoms with Crippen LogP contribution in [0.15, 0.2) is 72.8 Å². The minimum Gasteiger partial charge on any atom is -0.394 e. The summed E-state index contributed by atoms with van der Waals surface area (Å²) in [6.45, 7) is 11.1. The van der Waals surface area contributed by atoms with Crippen LogP contribution in [-0.4, -0.2) is 73.9 Å². The number of nitrogens with zero attached hydrogens (tertiary/aromatic N) is 3. The molecule has 3 amide bonds. The first-order valence-corrected chi connectivity index (χ1v) is 16.6. The van der Waals surface area contributed by atoms with Gasteiger partial charge in [-0.25, -0.2) is 0 Å². The number of aryl methyl sites for hydroxylation is 2. The highest BCUT2D eigenvalue weighted by atomic mass is 32.2. The predicted molar refractivity (Wildman–Crippen MR) is 175 cm³/mol. The van der Waals surface area contributed by atoms with Crippen molar-refractivity contribution in [3.8, 4) is 0 Å². The summed E-state index contributed by atoms with van der Waals surface area (Å²) in [5.41, 5.74) is 3.86. The van der Waals surface area contributed by atoms with E-state index in [4.69, 9.17) is 0 Å². The highest BCUT2D eigenvalue weighted by Gasteiger charge is 2.74. The number of carbonyl (C=O) groups is 3. The van der Waals surface area contributed by atoms with Gasteiger partial charge in [-0.3, -0.25) is 14.4 Å². The van der Waals surface area contributed by atoms with Crippen molar-refractivity contribution in [3.63, 3.8) is 0 Å². The maximum absolute atomic E-state index is 15.0. The third-order valence-electron chi connectivity index (χ3n) is 10.3. The van der Waals surface area contributed by atoms with Crippen LogP contribution in [0.3, 0.4) is 0 Å². The average molecular weight is 614 g/mol. The molecule has 0 aromatic heterocycles. The lowest BCUT2D eigenvalue weighted by atomic mass is 9.74. The van der Waals surface area contributed by atoms with Crippen LogP contribution in [0.4, 0.5) is 5.69 Å². The molecule has 7 nitrogen and oxygen atoms in total. The van der Waals surface area contributed by atoms with Crippen molar-refractivity contribution in [1.82, 2.24) is 9.80 Å². The molecular formula is C36H43N3O4S. The third-order valence-corrected chi connectivity index (χ3v) is 12.1. The Morgan fingerprint density at radius 2 is 1.59 bits per heavy atom. The lowest BCUT2D eigenvalue weighted by Gasteiger charge is -2.41. The van der Waals surface area contributed by atoms with Gasteiger partial charge in [-0.1, -0.05) is 93.1 Å². The molecule has 6 rings (SSSR count). The fraction of sp³-hybridized carbons (Fsp3) is 0.472. The Labute approximate surface area is 265 Å². The highest BCUT2D eigenvalue weighted by Crippen LogP contribution is 2.66. The summed E-state index contributed by atoms with van der Waals surface area (Å²) in [5, 5.41) is 10.7. The van der Waals surface area contributed by atoms with Crippen molar-refractivity contribution in [3.05, 3.63) is 89.5 Å². The maximum Gasteiger partial charge on any atom is 0.251 e. The average Bonchev–Trinajstić information content (AvgIpc) is 3.28. The number of para-hydroxylation sites is 1. The molecule has 2 fully saturated rings. The molecule has 1 unspecified atom stereocenters. The van der Waals surface area contributed by atoms with E-state index in [-0.39, 0.29) is 30.2 Å². The molecule has 0 bridgehead atoms. The molecule has 44 heavy (non-hydrogen) atoms. The number of likely N-dealkylation sites (tertiary alicyclic amines) is 1. The summed E-state index contributed by atoms with van der Waals surface area (Å²) in [6.07, 6.45) is 8.96. The summed E-state index contributed by atoms with van der Waals surface area (Å²) in [5.74, 6) is -1.87. The lowest BCUT2D eigenvalue weighted by molar-refractivity contribution is -0.146. The topological polar surface area (TPSA) is 81.2 Å². The molecule has 0 radical (unpaired) electrons. The van der Waals surface area contributed by atoms with Gasteiger partial charge in [0, 0.05) is 30.1 Å². The predicted octanol–water partition coefficient (Wildman–Crippen LogP) is 4.90. The van der Waals surface area contributed by atoms with E-state index in [0.29, 0.717) is 19.6 Å². The molecule has 4 aliphatic rings. The molecule has 2 aromatic carbocycles. The van der Waals surface area contributed by atoms with Gasteiger partial charge < -0.3 is 19.8 Å². The van der Waals surface area contributed by atoms with Crippen molar-refractivity contribution in [2.75, 3.05) is 24.6 Å². The number of aliphatic hydroxyl groups excluding tert-OH is 1. The molecule has 7 atom stereocenters. The molecule has 0 saturated carbocycles. The van der Waals surface area contributed by atoms with E-state index in [1.54, 1.807) is 16.7 Å². The van der Waals surface area contributed by atoms with E-state index >= 15 is 4.79 Å². The smallest absolute Gasteiger partial charge is 0.251 e. The number of fused-ring (bicyclic) bond motifs is 2. The zero-order valence-corrected chi connectivity index (χ0v) is 27.1. The molecule has 4 aliphatic heterocycles. The van der Waals surface area contributed by atoms with Crippen molar-refractivity contribution in [2.24, 2.45) is 17.8 Å². The first-order chi connectivity index (χ1) is 21.1. The molecule has 232 valence electrons. The zero-order chi connectivity index (χ0) is 31.4. The quantitative estimate of drug-likeness (QED) is 0.450. The second-order valence-corrected chi connectivity index (χ2v) is 14.9. The number of amides is 3. The zero-order valence-electron chi connectivity index (χ0n) is 26.3. The minimum atomic E-state index is -0.963. The Hall–Kier alpha value is -3.36. The van der Waals surface area contributed by atoms with Gasteiger partial charge in [-0.2, -0.15) is 0 Å². The second-order valence-electron chi connectivity index (χ2n) is 13.1. The van der Waals surface area contributed by atoms with Crippen molar-refractivity contribution in [1.29, 1.82) is 0 Å². The molecule has 4 heterocycles. The van der Waals surface area contributed by atoms with Crippen molar-refractivity contribution >= 4 is 35.2 Å². The normalized spacial score (nSPS) is 31.0. The molecule has 0 aliphatic carbocycles. The Bertz CT molecular complexity index is 1500. The first-order valence-electron chi connectivity index (χ1n) is 15.8. The molecule has 1 spiro atoms. The minimum absolute atomic E-state index is 0.0378. The maximum atomic E-state index is 15.0. The van der Waals surface area contributed by atoms with Crippen molar-refractivity contribution in [2.45, 2.75) is 69.2 Å². The molecule has 2 saturated heterocycles. The van der Waals surface area contributed by atoms with Crippen LogP contribution in [0, 0.1) is 31.6 Å². The van der Waals surface area contributed by atoms with Gasteiger partial charge in [-0.15, -0.1) is 11.8 Å². The summed E-state index contributed by atoms with van der Waals surface area (Å²) in [6, 6.07) is 14.5. The van der Waals surface area contributed by atoms with Gasteiger partial charge in [0.05, 0.1) is 29.2 Å². The third kappa shape index (κ3) is 4.64. The van der Waals surface area contributed by atoms with Crippen LogP contribution in [-0.2, 0) is 20.9 Å². The number of hydrogen-bond donors (Lipinski definition) is 1. The molecule has 8 heteroatoms. The summed E-state index contributed by atoms with van der Waals surface area (Å²) < 4.78 is -1.65. The van der Waals surface area contributed by atoms with Gasteiger partial charge in [0.2, 0.25) is 11.8 Å². The fourth-order valence-electron chi connectivity index (χ4n) is 8.06. The Balaban J connectivity index is 1.49.